The van der Waals surface area contributed by atoms with Gasteiger partial charge in [0.25, 0.3) is 5.91 Å². The molecule has 3 heterocycles. The summed E-state index contributed by atoms with van der Waals surface area (Å²) in [6.45, 7) is 1.61. The minimum atomic E-state index is -0.392. The van der Waals surface area contributed by atoms with Crippen LogP contribution in [0.2, 0.25) is 5.02 Å². The molecule has 0 saturated carbocycles. The van der Waals surface area contributed by atoms with Crippen LogP contribution in [-0.4, -0.2) is 35.0 Å². The van der Waals surface area contributed by atoms with Crippen molar-refractivity contribution in [1.82, 2.24) is 9.97 Å². The number of carbonyl (C=O) groups excluding carboxylic acids is 1. The molecule has 1 atom stereocenters. The van der Waals surface area contributed by atoms with Gasteiger partial charge in [-0.2, -0.15) is 0 Å². The van der Waals surface area contributed by atoms with Crippen molar-refractivity contribution in [3.63, 3.8) is 0 Å². The summed E-state index contributed by atoms with van der Waals surface area (Å²) in [5, 5.41) is 4.35. The Balaban J connectivity index is 1.60. The summed E-state index contributed by atoms with van der Waals surface area (Å²) in [6.07, 6.45) is 5.34. The fraction of sp³-hybridized carbons (Fsp3) is 0.250. The number of nitrogens with zero attached hydrogens (tertiary/aromatic N) is 3. The van der Waals surface area contributed by atoms with E-state index in [0.29, 0.717) is 26.3 Å². The molecule has 0 spiro atoms. The zero-order valence-electron chi connectivity index (χ0n) is 15.9. The summed E-state index contributed by atoms with van der Waals surface area (Å²) in [6, 6.07) is 7.45. The third kappa shape index (κ3) is 4.44. The number of halogens is 2. The lowest BCUT2D eigenvalue weighted by atomic mass is 10.1. The maximum Gasteiger partial charge on any atom is 0.277 e. The molecule has 0 bridgehead atoms. The molecule has 10 heteroatoms. The second-order valence-corrected chi connectivity index (χ2v) is 9.40. The zero-order chi connectivity index (χ0) is 21.3. The second kappa shape index (κ2) is 8.89. The number of pyridine rings is 1. The predicted octanol–water partition coefficient (Wildman–Crippen LogP) is 4.38. The van der Waals surface area contributed by atoms with E-state index in [1.54, 1.807) is 18.5 Å². The van der Waals surface area contributed by atoms with Gasteiger partial charge in [0.05, 0.1) is 22.6 Å². The van der Waals surface area contributed by atoms with Gasteiger partial charge in [0, 0.05) is 35.4 Å². The number of anilines is 3. The van der Waals surface area contributed by atoms with Crippen molar-refractivity contribution in [2.75, 3.05) is 29.0 Å². The molecule has 1 saturated heterocycles. The Bertz CT molecular complexity index is 1090. The van der Waals surface area contributed by atoms with Gasteiger partial charge < -0.3 is 21.7 Å². The highest BCUT2D eigenvalue weighted by Gasteiger charge is 2.23. The van der Waals surface area contributed by atoms with Gasteiger partial charge in [-0.15, -0.1) is 0 Å². The SMILES string of the molecule is Nc1sc(-c2cc(Br)ccc2Cl)nc1C(=O)Nc1cnccc1N1CCC[C@H](N)C1. The predicted molar refractivity (Wildman–Crippen MR) is 126 cm³/mol. The van der Waals surface area contributed by atoms with Crippen LogP contribution in [0.5, 0.6) is 0 Å². The molecule has 4 rings (SSSR count). The summed E-state index contributed by atoms with van der Waals surface area (Å²) in [5.41, 5.74) is 14.6. The lowest BCUT2D eigenvalue weighted by Crippen LogP contribution is -2.43. The monoisotopic (exact) mass is 506 g/mol. The van der Waals surface area contributed by atoms with Crippen LogP contribution in [0.25, 0.3) is 10.6 Å². The van der Waals surface area contributed by atoms with Crippen molar-refractivity contribution in [3.05, 3.63) is 51.8 Å². The van der Waals surface area contributed by atoms with Crippen LogP contribution in [0.3, 0.4) is 0 Å². The molecular formula is C20H20BrClN6OS. The lowest BCUT2D eigenvalue weighted by molar-refractivity contribution is 0.102. The van der Waals surface area contributed by atoms with Gasteiger partial charge in [-0.05, 0) is 37.1 Å². The molecule has 1 amide bonds. The van der Waals surface area contributed by atoms with E-state index < -0.39 is 5.91 Å². The van der Waals surface area contributed by atoms with E-state index in [0.717, 1.165) is 36.1 Å². The molecule has 2 aromatic heterocycles. The van der Waals surface area contributed by atoms with Crippen molar-refractivity contribution in [1.29, 1.82) is 0 Å². The molecule has 7 nitrogen and oxygen atoms in total. The first-order valence-corrected chi connectivity index (χ1v) is 11.4. The van der Waals surface area contributed by atoms with Gasteiger partial charge in [-0.25, -0.2) is 4.98 Å². The average molecular weight is 508 g/mol. The van der Waals surface area contributed by atoms with Crippen molar-refractivity contribution in [2.45, 2.75) is 18.9 Å². The van der Waals surface area contributed by atoms with E-state index in [4.69, 9.17) is 23.1 Å². The maximum atomic E-state index is 13.0. The van der Waals surface area contributed by atoms with E-state index in [1.807, 2.05) is 18.2 Å². The molecular weight excluding hydrogens is 488 g/mol. The molecule has 1 aromatic carbocycles. The summed E-state index contributed by atoms with van der Waals surface area (Å²) in [4.78, 5) is 23.8. The Morgan fingerprint density at radius 1 is 1.37 bits per heavy atom. The molecule has 30 heavy (non-hydrogen) atoms. The molecule has 5 N–H and O–H groups in total. The number of nitrogens with one attached hydrogen (secondary N) is 1. The van der Waals surface area contributed by atoms with Gasteiger partial charge >= 0.3 is 0 Å². The number of hydrogen-bond acceptors (Lipinski definition) is 7. The Kier molecular flexibility index (Phi) is 6.24. The Morgan fingerprint density at radius 3 is 3.00 bits per heavy atom. The van der Waals surface area contributed by atoms with Crippen LogP contribution in [-0.2, 0) is 0 Å². The number of nitrogen functional groups attached to an aromatic ring is 1. The number of benzene rings is 1. The Morgan fingerprint density at radius 2 is 2.20 bits per heavy atom. The van der Waals surface area contributed by atoms with E-state index in [-0.39, 0.29) is 11.7 Å². The highest BCUT2D eigenvalue weighted by molar-refractivity contribution is 9.10. The number of rotatable bonds is 4. The number of hydrogen-bond donors (Lipinski definition) is 3. The summed E-state index contributed by atoms with van der Waals surface area (Å²) in [7, 11) is 0. The van der Waals surface area contributed by atoms with Crippen LogP contribution in [0.15, 0.2) is 41.1 Å². The number of thiazole rings is 1. The fourth-order valence-electron chi connectivity index (χ4n) is 3.44. The molecule has 0 unspecified atom stereocenters. The average Bonchev–Trinajstić information content (AvgIpc) is 3.12. The topological polar surface area (TPSA) is 110 Å². The molecule has 0 radical (unpaired) electrons. The molecule has 3 aromatic rings. The third-order valence-corrected chi connectivity index (χ3v) is 6.61. The van der Waals surface area contributed by atoms with Gasteiger partial charge in [0.2, 0.25) is 0 Å². The van der Waals surface area contributed by atoms with Gasteiger partial charge in [0.1, 0.15) is 10.0 Å². The first-order valence-electron chi connectivity index (χ1n) is 9.40. The van der Waals surface area contributed by atoms with Gasteiger partial charge in [-0.3, -0.25) is 9.78 Å². The van der Waals surface area contributed by atoms with Crippen LogP contribution in [0, 0.1) is 0 Å². The third-order valence-electron chi connectivity index (χ3n) is 4.87. The van der Waals surface area contributed by atoms with Crippen LogP contribution >= 0.6 is 38.9 Å². The Labute approximate surface area is 191 Å². The minimum absolute atomic E-state index is 0.113. The molecule has 1 aliphatic heterocycles. The highest BCUT2D eigenvalue weighted by Crippen LogP contribution is 2.36. The minimum Gasteiger partial charge on any atom is -0.389 e. The number of piperidine rings is 1. The Hall–Kier alpha value is -2.20. The number of amides is 1. The van der Waals surface area contributed by atoms with E-state index in [9.17, 15) is 4.79 Å². The molecule has 1 fully saturated rings. The lowest BCUT2D eigenvalue weighted by Gasteiger charge is -2.33. The van der Waals surface area contributed by atoms with Gasteiger partial charge in [0.15, 0.2) is 5.69 Å². The zero-order valence-corrected chi connectivity index (χ0v) is 19.1. The summed E-state index contributed by atoms with van der Waals surface area (Å²) < 4.78 is 0.862. The first kappa shape index (κ1) is 21.0. The first-order chi connectivity index (χ1) is 14.4. The highest BCUT2D eigenvalue weighted by atomic mass is 79.9. The largest absolute Gasteiger partial charge is 0.389 e. The quantitative estimate of drug-likeness (QED) is 0.483. The fourth-order valence-corrected chi connectivity index (χ4v) is 4.92. The number of aromatic nitrogens is 2. The van der Waals surface area contributed by atoms with Crippen LogP contribution in [0.4, 0.5) is 16.4 Å². The maximum absolute atomic E-state index is 13.0. The van der Waals surface area contributed by atoms with Crippen LogP contribution in [0.1, 0.15) is 23.3 Å². The molecule has 0 aliphatic carbocycles. The standard InChI is InChI=1S/C20H20BrClN6OS/c21-11-3-4-14(22)13(8-11)20-27-17(18(24)30-20)19(29)26-15-9-25-6-5-16(15)28-7-1-2-12(23)10-28/h3-6,8-9,12H,1-2,7,10,23-24H2,(H,26,29)/t12-/m0/s1. The number of carbonyl (C=O) groups is 1. The van der Waals surface area contributed by atoms with Crippen molar-refractivity contribution < 1.29 is 4.79 Å². The van der Waals surface area contributed by atoms with Crippen LogP contribution < -0.4 is 21.7 Å². The summed E-state index contributed by atoms with van der Waals surface area (Å²) >= 11 is 10.9. The van der Waals surface area contributed by atoms with Gasteiger partial charge in [-0.1, -0.05) is 38.9 Å². The van der Waals surface area contributed by atoms with E-state index in [1.165, 1.54) is 11.3 Å². The normalized spacial score (nSPS) is 16.5. The van der Waals surface area contributed by atoms with Crippen molar-refractivity contribution in [2.24, 2.45) is 5.73 Å². The second-order valence-electron chi connectivity index (χ2n) is 7.05. The smallest absolute Gasteiger partial charge is 0.277 e. The molecule has 156 valence electrons. The van der Waals surface area contributed by atoms with E-state index in [2.05, 4.69) is 36.1 Å². The van der Waals surface area contributed by atoms with Crippen molar-refractivity contribution in [3.8, 4) is 10.6 Å². The van der Waals surface area contributed by atoms with Crippen molar-refractivity contribution >= 4 is 61.2 Å². The molecule has 1 aliphatic rings. The summed E-state index contributed by atoms with van der Waals surface area (Å²) in [5.74, 6) is -0.392. The van der Waals surface area contributed by atoms with E-state index >= 15 is 0 Å². The number of nitrogens with two attached hydrogens (primary N) is 2.